The fourth-order valence-corrected chi connectivity index (χ4v) is 4.44. The molecule has 1 N–H and O–H groups in total. The predicted molar refractivity (Wildman–Crippen MR) is 88.8 cm³/mol. The van der Waals surface area contributed by atoms with Crippen LogP contribution in [0.3, 0.4) is 0 Å². The number of para-hydroxylation sites is 1. The van der Waals surface area contributed by atoms with Gasteiger partial charge in [-0.2, -0.15) is 0 Å². The Morgan fingerprint density at radius 3 is 2.95 bits per heavy atom. The molecule has 1 aliphatic rings. The lowest BCUT2D eigenvalue weighted by Crippen LogP contribution is -2.35. The van der Waals surface area contributed by atoms with E-state index < -0.39 is 0 Å². The highest BCUT2D eigenvalue weighted by atomic mass is 79.9. The molecular weight excluding hydrogens is 348 g/mol. The Hall–Kier alpha value is -1.59. The fraction of sp³-hybridized carbons (Fsp3) is 0.188. The van der Waals surface area contributed by atoms with Crippen molar-refractivity contribution in [3.05, 3.63) is 56.3 Å². The number of carbonyl (C=O) groups excluding carboxylic acids is 1. The lowest BCUT2D eigenvalue weighted by atomic mass is 10.0. The molecule has 4 rings (SSSR count). The molecule has 1 aromatic carbocycles. The zero-order valence-electron chi connectivity index (χ0n) is 11.2. The molecule has 0 saturated heterocycles. The standard InChI is InChI=1S/C16H13BrN2OS/c17-12-6-8-21-15(12)16(20)19-7-5-14-11(9-19)10-3-1-2-4-13(10)18-14/h1-4,6,8,18H,5,7,9H2. The Kier molecular flexibility index (Phi) is 3.12. The van der Waals surface area contributed by atoms with Crippen LogP contribution in [0.15, 0.2) is 40.2 Å². The topological polar surface area (TPSA) is 36.1 Å². The third kappa shape index (κ3) is 2.12. The van der Waals surface area contributed by atoms with E-state index >= 15 is 0 Å². The van der Waals surface area contributed by atoms with Crippen LogP contribution in [0.25, 0.3) is 10.9 Å². The summed E-state index contributed by atoms with van der Waals surface area (Å²) >= 11 is 4.95. The van der Waals surface area contributed by atoms with Crippen molar-refractivity contribution in [3.63, 3.8) is 0 Å². The molecule has 3 nitrogen and oxygen atoms in total. The molecule has 2 aromatic heterocycles. The van der Waals surface area contributed by atoms with E-state index in [2.05, 4.69) is 33.0 Å². The van der Waals surface area contributed by atoms with Crippen molar-refractivity contribution in [3.8, 4) is 0 Å². The van der Waals surface area contributed by atoms with E-state index in [4.69, 9.17) is 0 Å². The van der Waals surface area contributed by atoms with Crippen LogP contribution in [0.5, 0.6) is 0 Å². The SMILES string of the molecule is O=C(c1sccc1Br)N1CCc2[nH]c3ccccc3c2C1. The van der Waals surface area contributed by atoms with Gasteiger partial charge in [0, 0.05) is 46.1 Å². The molecule has 0 fully saturated rings. The number of aromatic nitrogens is 1. The molecule has 21 heavy (non-hydrogen) atoms. The predicted octanol–water partition coefficient (Wildman–Crippen LogP) is 4.19. The summed E-state index contributed by atoms with van der Waals surface area (Å²) in [5.41, 5.74) is 3.69. The van der Waals surface area contributed by atoms with Crippen molar-refractivity contribution in [2.75, 3.05) is 6.54 Å². The highest BCUT2D eigenvalue weighted by Crippen LogP contribution is 2.30. The number of H-pyrrole nitrogens is 1. The lowest BCUT2D eigenvalue weighted by Gasteiger charge is -2.27. The first-order valence-corrected chi connectivity index (χ1v) is 8.52. The van der Waals surface area contributed by atoms with Gasteiger partial charge in [-0.3, -0.25) is 4.79 Å². The summed E-state index contributed by atoms with van der Waals surface area (Å²) in [6, 6.07) is 10.2. The lowest BCUT2D eigenvalue weighted by molar-refractivity contribution is 0.0739. The summed E-state index contributed by atoms with van der Waals surface area (Å²) < 4.78 is 0.891. The highest BCUT2D eigenvalue weighted by molar-refractivity contribution is 9.10. The molecule has 1 aliphatic heterocycles. The Labute approximate surface area is 134 Å². The molecule has 0 unspecified atom stereocenters. The number of nitrogens with zero attached hydrogens (tertiary/aromatic N) is 1. The normalized spacial score (nSPS) is 14.4. The van der Waals surface area contributed by atoms with Crippen LogP contribution in [0.4, 0.5) is 0 Å². The smallest absolute Gasteiger partial charge is 0.265 e. The molecule has 0 radical (unpaired) electrons. The van der Waals surface area contributed by atoms with E-state index in [1.807, 2.05) is 28.5 Å². The van der Waals surface area contributed by atoms with Gasteiger partial charge in [0.2, 0.25) is 0 Å². The summed E-state index contributed by atoms with van der Waals surface area (Å²) in [6.07, 6.45) is 0.888. The molecule has 1 amide bonds. The Bertz CT molecular complexity index is 836. The molecule has 3 aromatic rings. The van der Waals surface area contributed by atoms with Gasteiger partial charge >= 0.3 is 0 Å². The first kappa shape index (κ1) is 13.1. The van der Waals surface area contributed by atoms with Crippen LogP contribution in [0, 0.1) is 0 Å². The number of aromatic amines is 1. The summed E-state index contributed by atoms with van der Waals surface area (Å²) in [5, 5.41) is 3.17. The number of rotatable bonds is 1. The molecular formula is C16H13BrN2OS. The number of hydrogen-bond donors (Lipinski definition) is 1. The van der Waals surface area contributed by atoms with Crippen LogP contribution >= 0.6 is 27.3 Å². The third-order valence-corrected chi connectivity index (χ3v) is 5.81. The van der Waals surface area contributed by atoms with E-state index in [-0.39, 0.29) is 5.91 Å². The molecule has 3 heterocycles. The van der Waals surface area contributed by atoms with Crippen LogP contribution in [0.2, 0.25) is 0 Å². The molecule has 5 heteroatoms. The summed E-state index contributed by atoms with van der Waals surface area (Å²) in [6.45, 7) is 1.45. The molecule has 0 saturated carbocycles. The fourth-order valence-electron chi connectivity index (χ4n) is 2.93. The second-order valence-electron chi connectivity index (χ2n) is 5.20. The second-order valence-corrected chi connectivity index (χ2v) is 6.97. The minimum atomic E-state index is 0.118. The largest absolute Gasteiger partial charge is 0.358 e. The summed E-state index contributed by atoms with van der Waals surface area (Å²) in [4.78, 5) is 18.9. The van der Waals surface area contributed by atoms with Crippen molar-refractivity contribution >= 4 is 44.1 Å². The Balaban J connectivity index is 1.70. The molecule has 0 spiro atoms. The van der Waals surface area contributed by atoms with Gasteiger partial charge in [-0.15, -0.1) is 11.3 Å². The van der Waals surface area contributed by atoms with Gasteiger partial charge < -0.3 is 9.88 Å². The average molecular weight is 361 g/mol. The Morgan fingerprint density at radius 1 is 1.29 bits per heavy atom. The number of fused-ring (bicyclic) bond motifs is 3. The van der Waals surface area contributed by atoms with Crippen molar-refractivity contribution < 1.29 is 4.79 Å². The highest BCUT2D eigenvalue weighted by Gasteiger charge is 2.26. The number of benzene rings is 1. The first-order valence-electron chi connectivity index (χ1n) is 6.85. The van der Waals surface area contributed by atoms with Gasteiger partial charge in [0.25, 0.3) is 5.91 Å². The average Bonchev–Trinajstić information content (AvgIpc) is 3.09. The maximum Gasteiger partial charge on any atom is 0.265 e. The van der Waals surface area contributed by atoms with Gasteiger partial charge in [0.15, 0.2) is 0 Å². The van der Waals surface area contributed by atoms with E-state index in [1.165, 1.54) is 28.0 Å². The molecule has 0 atom stereocenters. The molecule has 0 aliphatic carbocycles. The first-order chi connectivity index (χ1) is 10.2. The van der Waals surface area contributed by atoms with Crippen LogP contribution in [0.1, 0.15) is 20.9 Å². The van der Waals surface area contributed by atoms with E-state index in [9.17, 15) is 4.79 Å². The number of halogens is 1. The van der Waals surface area contributed by atoms with Crippen LogP contribution in [-0.4, -0.2) is 22.3 Å². The molecule has 106 valence electrons. The van der Waals surface area contributed by atoms with Gasteiger partial charge in [0.05, 0.1) is 0 Å². The number of carbonyl (C=O) groups is 1. The maximum atomic E-state index is 12.6. The van der Waals surface area contributed by atoms with Crippen molar-refractivity contribution in [1.29, 1.82) is 0 Å². The zero-order valence-corrected chi connectivity index (χ0v) is 13.6. The monoisotopic (exact) mass is 360 g/mol. The van der Waals surface area contributed by atoms with Gasteiger partial charge in [-0.1, -0.05) is 18.2 Å². The van der Waals surface area contributed by atoms with Crippen molar-refractivity contribution in [2.45, 2.75) is 13.0 Å². The summed E-state index contributed by atoms with van der Waals surface area (Å²) in [5.74, 6) is 0.118. The van der Waals surface area contributed by atoms with Gasteiger partial charge in [-0.25, -0.2) is 0 Å². The van der Waals surface area contributed by atoms with Crippen molar-refractivity contribution in [1.82, 2.24) is 9.88 Å². The third-order valence-electron chi connectivity index (χ3n) is 3.98. The second kappa shape index (κ2) is 5.00. The summed E-state index contributed by atoms with van der Waals surface area (Å²) in [7, 11) is 0. The van der Waals surface area contributed by atoms with Gasteiger partial charge in [0.1, 0.15) is 4.88 Å². The number of nitrogens with one attached hydrogen (secondary N) is 1. The van der Waals surface area contributed by atoms with E-state index in [0.29, 0.717) is 6.54 Å². The van der Waals surface area contributed by atoms with E-state index in [1.54, 1.807) is 0 Å². The minimum Gasteiger partial charge on any atom is -0.358 e. The number of amides is 1. The van der Waals surface area contributed by atoms with Crippen LogP contribution < -0.4 is 0 Å². The molecule has 0 bridgehead atoms. The maximum absolute atomic E-state index is 12.6. The van der Waals surface area contributed by atoms with E-state index in [0.717, 1.165) is 27.8 Å². The zero-order chi connectivity index (χ0) is 14.4. The quantitative estimate of drug-likeness (QED) is 0.693. The number of thiophene rings is 1. The van der Waals surface area contributed by atoms with Crippen molar-refractivity contribution in [2.24, 2.45) is 0 Å². The van der Waals surface area contributed by atoms with Crippen LogP contribution in [-0.2, 0) is 13.0 Å². The number of hydrogen-bond acceptors (Lipinski definition) is 2. The minimum absolute atomic E-state index is 0.118. The van der Waals surface area contributed by atoms with Gasteiger partial charge in [-0.05, 0) is 33.4 Å². The Morgan fingerprint density at radius 2 is 2.14 bits per heavy atom.